The number of hydrogen-bond acceptors (Lipinski definition) is 1. The second-order valence-electron chi connectivity index (χ2n) is 3.58. The first-order chi connectivity index (χ1) is 6.56. The Morgan fingerprint density at radius 3 is 2.60 bits per heavy atom. The number of nitrogens with two attached hydrogens (primary N) is 1. The Balaban J connectivity index is 0.00000196. The van der Waals surface area contributed by atoms with E-state index in [9.17, 15) is 4.39 Å². The van der Waals surface area contributed by atoms with Crippen molar-refractivity contribution >= 4 is 28.3 Å². The lowest BCUT2D eigenvalue weighted by molar-refractivity contribution is 0.453. The maximum Gasteiger partial charge on any atom is 0.123 e. The highest BCUT2D eigenvalue weighted by Gasteiger charge is 2.16. The third kappa shape index (κ3) is 3.74. The Labute approximate surface area is 105 Å². The summed E-state index contributed by atoms with van der Waals surface area (Å²) in [6.45, 7) is 4.15. The van der Waals surface area contributed by atoms with Crippen molar-refractivity contribution < 1.29 is 4.39 Å². The predicted molar refractivity (Wildman–Crippen MR) is 67.7 cm³/mol. The summed E-state index contributed by atoms with van der Waals surface area (Å²) in [4.78, 5) is 0. The van der Waals surface area contributed by atoms with Gasteiger partial charge in [-0.15, -0.1) is 12.4 Å². The van der Waals surface area contributed by atoms with Crippen molar-refractivity contribution in [1.29, 1.82) is 0 Å². The van der Waals surface area contributed by atoms with E-state index in [1.54, 1.807) is 6.07 Å². The molecule has 86 valence electrons. The number of hydrogen-bond donors (Lipinski definition) is 1. The third-order valence-electron chi connectivity index (χ3n) is 2.57. The van der Waals surface area contributed by atoms with Crippen LogP contribution in [0.5, 0.6) is 0 Å². The van der Waals surface area contributed by atoms with Crippen molar-refractivity contribution in [2.24, 2.45) is 11.7 Å². The fraction of sp³-hybridized carbons (Fsp3) is 0.455. The van der Waals surface area contributed by atoms with E-state index < -0.39 is 0 Å². The zero-order valence-corrected chi connectivity index (χ0v) is 11.2. The van der Waals surface area contributed by atoms with Crippen molar-refractivity contribution in [1.82, 2.24) is 0 Å². The lowest BCUT2D eigenvalue weighted by Crippen LogP contribution is -2.19. The first-order valence-corrected chi connectivity index (χ1v) is 5.56. The molecule has 0 amide bonds. The zero-order valence-electron chi connectivity index (χ0n) is 8.84. The summed E-state index contributed by atoms with van der Waals surface area (Å²) < 4.78 is 13.9. The molecule has 1 rings (SSSR count). The van der Waals surface area contributed by atoms with Crippen molar-refractivity contribution in [3.8, 4) is 0 Å². The molecule has 1 unspecified atom stereocenters. The SMILES string of the molecule is CCC(C)[C@H](N)c1cc(F)ccc1Br.Cl. The molecular weight excluding hydrogens is 280 g/mol. The van der Waals surface area contributed by atoms with Crippen LogP contribution in [0.3, 0.4) is 0 Å². The Morgan fingerprint density at radius 2 is 2.07 bits per heavy atom. The van der Waals surface area contributed by atoms with Crippen LogP contribution in [-0.2, 0) is 0 Å². The Morgan fingerprint density at radius 1 is 1.47 bits per heavy atom. The molecule has 0 aromatic heterocycles. The van der Waals surface area contributed by atoms with Gasteiger partial charge in [-0.25, -0.2) is 4.39 Å². The molecule has 1 aromatic carbocycles. The van der Waals surface area contributed by atoms with Crippen molar-refractivity contribution in [3.63, 3.8) is 0 Å². The second-order valence-corrected chi connectivity index (χ2v) is 4.43. The monoisotopic (exact) mass is 295 g/mol. The summed E-state index contributed by atoms with van der Waals surface area (Å²) in [6, 6.07) is 4.52. The molecule has 1 nitrogen and oxygen atoms in total. The van der Waals surface area contributed by atoms with Crippen LogP contribution in [0.25, 0.3) is 0 Å². The van der Waals surface area contributed by atoms with E-state index >= 15 is 0 Å². The van der Waals surface area contributed by atoms with Crippen LogP contribution in [0, 0.1) is 11.7 Å². The normalized spacial score (nSPS) is 14.2. The summed E-state index contributed by atoms with van der Waals surface area (Å²) in [5, 5.41) is 0. The number of rotatable bonds is 3. The molecule has 0 heterocycles. The van der Waals surface area contributed by atoms with Crippen molar-refractivity contribution in [2.45, 2.75) is 26.3 Å². The molecule has 2 atom stereocenters. The van der Waals surface area contributed by atoms with Gasteiger partial charge in [-0.1, -0.05) is 36.2 Å². The largest absolute Gasteiger partial charge is 0.324 e. The molecule has 15 heavy (non-hydrogen) atoms. The Bertz CT molecular complexity index is 319. The molecule has 2 N–H and O–H groups in total. The van der Waals surface area contributed by atoms with Gasteiger partial charge < -0.3 is 5.73 Å². The molecule has 0 aliphatic rings. The average molecular weight is 297 g/mol. The van der Waals surface area contributed by atoms with E-state index in [-0.39, 0.29) is 24.3 Å². The van der Waals surface area contributed by atoms with Gasteiger partial charge in [-0.3, -0.25) is 0 Å². The van der Waals surface area contributed by atoms with E-state index in [4.69, 9.17) is 5.73 Å². The van der Waals surface area contributed by atoms with Gasteiger partial charge in [0.15, 0.2) is 0 Å². The summed E-state index contributed by atoms with van der Waals surface area (Å²) in [6.07, 6.45) is 0.990. The van der Waals surface area contributed by atoms with Crippen LogP contribution in [0.15, 0.2) is 22.7 Å². The van der Waals surface area contributed by atoms with Crippen LogP contribution in [0.2, 0.25) is 0 Å². The van der Waals surface area contributed by atoms with Gasteiger partial charge in [0.05, 0.1) is 0 Å². The molecule has 0 spiro atoms. The fourth-order valence-corrected chi connectivity index (χ4v) is 1.84. The molecule has 0 radical (unpaired) electrons. The van der Waals surface area contributed by atoms with Gasteiger partial charge in [-0.2, -0.15) is 0 Å². The maximum absolute atomic E-state index is 13.0. The maximum atomic E-state index is 13.0. The van der Waals surface area contributed by atoms with Crippen molar-refractivity contribution in [3.05, 3.63) is 34.1 Å². The first-order valence-electron chi connectivity index (χ1n) is 4.76. The molecule has 0 saturated carbocycles. The summed E-state index contributed by atoms with van der Waals surface area (Å²) in [7, 11) is 0. The summed E-state index contributed by atoms with van der Waals surface area (Å²) in [5.74, 6) is 0.120. The number of benzene rings is 1. The molecule has 0 bridgehead atoms. The summed E-state index contributed by atoms with van der Waals surface area (Å²) in [5.41, 5.74) is 6.87. The summed E-state index contributed by atoms with van der Waals surface area (Å²) >= 11 is 3.38. The zero-order chi connectivity index (χ0) is 10.7. The van der Waals surface area contributed by atoms with Gasteiger partial charge in [-0.05, 0) is 29.7 Å². The van der Waals surface area contributed by atoms with E-state index in [0.717, 1.165) is 16.5 Å². The molecular formula is C11H16BrClFN. The molecule has 0 fully saturated rings. The average Bonchev–Trinajstić information content (AvgIpc) is 2.19. The van der Waals surface area contributed by atoms with Gasteiger partial charge >= 0.3 is 0 Å². The molecule has 4 heteroatoms. The fourth-order valence-electron chi connectivity index (χ4n) is 1.33. The topological polar surface area (TPSA) is 26.0 Å². The van der Waals surface area contributed by atoms with Crippen LogP contribution in [0.4, 0.5) is 4.39 Å². The highest BCUT2D eigenvalue weighted by Crippen LogP contribution is 2.28. The minimum absolute atomic E-state index is 0. The van der Waals surface area contributed by atoms with E-state index in [1.165, 1.54) is 12.1 Å². The highest BCUT2D eigenvalue weighted by atomic mass is 79.9. The first kappa shape index (κ1) is 14.9. The lowest BCUT2D eigenvalue weighted by atomic mass is 9.93. The molecule has 0 aliphatic heterocycles. The molecule has 1 aromatic rings. The van der Waals surface area contributed by atoms with Crippen LogP contribution < -0.4 is 5.73 Å². The quantitative estimate of drug-likeness (QED) is 0.894. The Hall–Kier alpha value is -0.120. The van der Waals surface area contributed by atoms with E-state index in [2.05, 4.69) is 29.8 Å². The van der Waals surface area contributed by atoms with Gasteiger partial charge in [0.25, 0.3) is 0 Å². The molecule has 0 saturated heterocycles. The van der Waals surface area contributed by atoms with Crippen LogP contribution >= 0.6 is 28.3 Å². The lowest BCUT2D eigenvalue weighted by Gasteiger charge is -2.19. The van der Waals surface area contributed by atoms with E-state index in [0.29, 0.717) is 5.92 Å². The Kier molecular flexibility index (Phi) is 6.41. The number of halogens is 3. The van der Waals surface area contributed by atoms with Gasteiger partial charge in [0.2, 0.25) is 0 Å². The minimum Gasteiger partial charge on any atom is -0.324 e. The van der Waals surface area contributed by atoms with Crippen molar-refractivity contribution in [2.75, 3.05) is 0 Å². The highest BCUT2D eigenvalue weighted by molar-refractivity contribution is 9.10. The van der Waals surface area contributed by atoms with E-state index in [1.807, 2.05) is 0 Å². The standard InChI is InChI=1S/C11H15BrFN.ClH/c1-3-7(2)11(14)9-6-8(13)4-5-10(9)12;/h4-7,11H,3,14H2,1-2H3;1H/t7?,11-;/m0./s1. The second kappa shape index (κ2) is 6.46. The molecule has 0 aliphatic carbocycles. The van der Waals surface area contributed by atoms with Crippen LogP contribution in [-0.4, -0.2) is 0 Å². The van der Waals surface area contributed by atoms with Gasteiger partial charge in [0.1, 0.15) is 5.82 Å². The smallest absolute Gasteiger partial charge is 0.123 e. The minimum atomic E-state index is -0.234. The van der Waals surface area contributed by atoms with Gasteiger partial charge in [0, 0.05) is 10.5 Å². The third-order valence-corrected chi connectivity index (χ3v) is 3.30. The predicted octanol–water partition coefficient (Wildman–Crippen LogP) is 4.06. The van der Waals surface area contributed by atoms with Crippen LogP contribution in [0.1, 0.15) is 31.9 Å².